The zero-order chi connectivity index (χ0) is 24.1. The Bertz CT molecular complexity index is 1340. The molecule has 34 heavy (non-hydrogen) atoms. The molecule has 3 saturated heterocycles. The van der Waals surface area contributed by atoms with Gasteiger partial charge in [-0.25, -0.2) is 4.90 Å². The van der Waals surface area contributed by atoms with Gasteiger partial charge >= 0.3 is 0 Å². The first-order chi connectivity index (χ1) is 16.2. The van der Waals surface area contributed by atoms with E-state index in [1.54, 1.807) is 6.92 Å². The van der Waals surface area contributed by atoms with Crippen molar-refractivity contribution in [2.45, 2.75) is 45.2 Å². The fourth-order valence-corrected chi connectivity index (χ4v) is 6.90. The SMILES string of the molecule is Cc1cc(C)c2c(c1)[C@@]1(C(=O)N2)[C@H]2C(=O)N(c3ccc([N+](=O)[O-])cc3C)C(=O)[C@H]2[C@H]2CCCN21. The van der Waals surface area contributed by atoms with E-state index in [0.717, 1.165) is 35.2 Å². The number of amides is 3. The van der Waals surface area contributed by atoms with Crippen LogP contribution in [0.2, 0.25) is 0 Å². The monoisotopic (exact) mass is 460 g/mol. The van der Waals surface area contributed by atoms with Crippen LogP contribution < -0.4 is 10.2 Å². The Kier molecular flexibility index (Phi) is 4.15. The molecule has 4 aliphatic rings. The summed E-state index contributed by atoms with van der Waals surface area (Å²) in [6, 6.07) is 7.89. The summed E-state index contributed by atoms with van der Waals surface area (Å²) in [6.45, 7) is 6.20. The van der Waals surface area contributed by atoms with Crippen molar-refractivity contribution in [3.8, 4) is 0 Å². The van der Waals surface area contributed by atoms with Crippen LogP contribution in [0.4, 0.5) is 17.1 Å². The number of fused-ring (bicyclic) bond motifs is 7. The lowest BCUT2D eigenvalue weighted by atomic mass is 9.75. The molecule has 4 aliphatic heterocycles. The van der Waals surface area contributed by atoms with E-state index in [9.17, 15) is 24.5 Å². The minimum absolute atomic E-state index is 0.103. The van der Waals surface area contributed by atoms with Crippen LogP contribution in [0, 0.1) is 42.7 Å². The normalized spacial score (nSPS) is 29.6. The second kappa shape index (κ2) is 6.73. The molecule has 2 aromatic carbocycles. The first kappa shape index (κ1) is 21.0. The van der Waals surface area contributed by atoms with Gasteiger partial charge in [-0.1, -0.05) is 17.7 Å². The summed E-state index contributed by atoms with van der Waals surface area (Å²) >= 11 is 0. The standard InChI is InChI=1S/C25H24N4O5/c1-12-9-14(3)21-16(10-12)25(24(32)26-21)20-19(18-5-4-8-27(18)25)22(30)28(23(20)31)17-7-6-15(29(33)34)11-13(17)2/h6-7,9-11,18-20H,4-5,8H2,1-3H3,(H,26,32)/t18-,19+,20-,25+/m1/s1. The Hall–Kier alpha value is -3.59. The minimum Gasteiger partial charge on any atom is -0.324 e. The Morgan fingerprint density at radius 1 is 1.06 bits per heavy atom. The number of imide groups is 1. The van der Waals surface area contributed by atoms with Crippen molar-refractivity contribution < 1.29 is 19.3 Å². The first-order valence-corrected chi connectivity index (χ1v) is 11.5. The number of benzene rings is 2. The molecule has 174 valence electrons. The van der Waals surface area contributed by atoms with Crippen molar-refractivity contribution in [1.29, 1.82) is 0 Å². The molecule has 4 atom stereocenters. The number of nitro groups is 1. The number of rotatable bonds is 2. The topological polar surface area (TPSA) is 113 Å². The molecule has 0 saturated carbocycles. The van der Waals surface area contributed by atoms with Gasteiger partial charge in [-0.15, -0.1) is 0 Å². The lowest BCUT2D eigenvalue weighted by Crippen LogP contribution is -2.54. The Labute approximate surface area is 195 Å². The maximum absolute atomic E-state index is 14.1. The van der Waals surface area contributed by atoms with Gasteiger partial charge in [-0.05, 0) is 57.4 Å². The molecule has 1 N–H and O–H groups in total. The van der Waals surface area contributed by atoms with E-state index in [1.165, 1.54) is 23.1 Å². The van der Waals surface area contributed by atoms with Crippen molar-refractivity contribution in [3.63, 3.8) is 0 Å². The average molecular weight is 460 g/mol. The van der Waals surface area contributed by atoms with Crippen molar-refractivity contribution in [1.82, 2.24) is 4.90 Å². The van der Waals surface area contributed by atoms with Crippen molar-refractivity contribution in [2.75, 3.05) is 16.8 Å². The molecular formula is C25H24N4O5. The fraction of sp³-hybridized carbons (Fsp3) is 0.400. The largest absolute Gasteiger partial charge is 0.324 e. The van der Waals surface area contributed by atoms with Crippen molar-refractivity contribution in [3.05, 3.63) is 62.7 Å². The highest BCUT2D eigenvalue weighted by Crippen LogP contribution is 2.61. The molecule has 9 heteroatoms. The van der Waals surface area contributed by atoms with Crippen LogP contribution in [0.5, 0.6) is 0 Å². The van der Waals surface area contributed by atoms with Gasteiger partial charge in [0.25, 0.3) is 5.69 Å². The van der Waals surface area contributed by atoms with E-state index in [0.29, 0.717) is 17.8 Å². The third kappa shape index (κ3) is 2.34. The summed E-state index contributed by atoms with van der Waals surface area (Å²) in [5.41, 5.74) is 2.91. The molecule has 3 fully saturated rings. The lowest BCUT2D eigenvalue weighted by Gasteiger charge is -2.37. The second-order valence-electron chi connectivity index (χ2n) is 9.87. The number of carbonyl (C=O) groups excluding carboxylic acids is 3. The molecule has 0 aromatic heterocycles. The molecule has 0 aliphatic carbocycles. The summed E-state index contributed by atoms with van der Waals surface area (Å²) in [7, 11) is 0. The first-order valence-electron chi connectivity index (χ1n) is 11.5. The number of anilines is 2. The number of hydrogen-bond acceptors (Lipinski definition) is 6. The summed E-state index contributed by atoms with van der Waals surface area (Å²) in [6.07, 6.45) is 1.59. The summed E-state index contributed by atoms with van der Waals surface area (Å²) in [5.74, 6) is -2.47. The lowest BCUT2D eigenvalue weighted by molar-refractivity contribution is -0.384. The van der Waals surface area contributed by atoms with Crippen LogP contribution >= 0.6 is 0 Å². The zero-order valence-electron chi connectivity index (χ0n) is 19.1. The van der Waals surface area contributed by atoms with Crippen LogP contribution in [0.1, 0.15) is 35.1 Å². The van der Waals surface area contributed by atoms with E-state index >= 15 is 0 Å². The van der Waals surface area contributed by atoms with Gasteiger partial charge in [-0.2, -0.15) is 0 Å². The number of hydrogen-bond donors (Lipinski definition) is 1. The predicted octanol–water partition coefficient (Wildman–Crippen LogP) is 2.95. The summed E-state index contributed by atoms with van der Waals surface area (Å²) in [4.78, 5) is 55.6. The van der Waals surface area contributed by atoms with Gasteiger partial charge in [0, 0.05) is 29.4 Å². The molecule has 1 spiro atoms. The van der Waals surface area contributed by atoms with Crippen LogP contribution in [-0.2, 0) is 19.9 Å². The smallest absolute Gasteiger partial charge is 0.269 e. The zero-order valence-corrected chi connectivity index (χ0v) is 19.1. The average Bonchev–Trinajstić information content (AvgIpc) is 3.48. The highest BCUT2D eigenvalue weighted by Gasteiger charge is 2.74. The molecule has 0 bridgehead atoms. The minimum atomic E-state index is -1.23. The summed E-state index contributed by atoms with van der Waals surface area (Å²) in [5, 5.41) is 14.2. The molecule has 0 unspecified atom stereocenters. The predicted molar refractivity (Wildman–Crippen MR) is 123 cm³/mol. The van der Waals surface area contributed by atoms with Gasteiger partial charge in [-0.3, -0.25) is 29.4 Å². The molecule has 4 heterocycles. The van der Waals surface area contributed by atoms with E-state index in [2.05, 4.69) is 10.2 Å². The Morgan fingerprint density at radius 3 is 2.53 bits per heavy atom. The highest BCUT2D eigenvalue weighted by atomic mass is 16.6. The van der Waals surface area contributed by atoms with Crippen molar-refractivity contribution >= 4 is 34.8 Å². The Balaban J connectivity index is 1.54. The van der Waals surface area contributed by atoms with Crippen LogP contribution in [0.15, 0.2) is 30.3 Å². The Morgan fingerprint density at radius 2 is 1.82 bits per heavy atom. The number of carbonyl (C=O) groups is 3. The molecular weight excluding hydrogens is 436 g/mol. The molecule has 6 rings (SSSR count). The van der Waals surface area contributed by atoms with E-state index in [4.69, 9.17) is 0 Å². The van der Waals surface area contributed by atoms with Gasteiger partial charge in [0.2, 0.25) is 17.7 Å². The maximum atomic E-state index is 14.1. The van der Waals surface area contributed by atoms with E-state index < -0.39 is 28.2 Å². The fourth-order valence-electron chi connectivity index (χ4n) is 6.90. The molecule has 0 radical (unpaired) electrons. The van der Waals surface area contributed by atoms with Crippen LogP contribution in [0.25, 0.3) is 0 Å². The van der Waals surface area contributed by atoms with Gasteiger partial charge < -0.3 is 5.32 Å². The number of non-ortho nitro benzene ring substituents is 1. The molecule has 2 aromatic rings. The van der Waals surface area contributed by atoms with E-state index in [-0.39, 0.29) is 23.5 Å². The maximum Gasteiger partial charge on any atom is 0.269 e. The second-order valence-corrected chi connectivity index (χ2v) is 9.87. The number of aryl methyl sites for hydroxylation is 3. The van der Waals surface area contributed by atoms with Gasteiger partial charge in [0.15, 0.2) is 0 Å². The number of nitrogens with one attached hydrogen (secondary N) is 1. The third-order valence-corrected chi connectivity index (χ3v) is 8.08. The van der Waals surface area contributed by atoms with Gasteiger partial charge in [0.1, 0.15) is 5.54 Å². The number of nitro benzene ring substituents is 1. The van der Waals surface area contributed by atoms with Crippen LogP contribution in [-0.4, -0.2) is 40.1 Å². The summed E-state index contributed by atoms with van der Waals surface area (Å²) < 4.78 is 0. The molecule has 3 amide bonds. The van der Waals surface area contributed by atoms with Crippen LogP contribution in [0.3, 0.4) is 0 Å². The highest BCUT2D eigenvalue weighted by molar-refractivity contribution is 6.26. The number of nitrogens with zero attached hydrogens (tertiary/aromatic N) is 3. The van der Waals surface area contributed by atoms with E-state index in [1.807, 2.05) is 26.0 Å². The third-order valence-electron chi connectivity index (χ3n) is 8.08. The molecule has 9 nitrogen and oxygen atoms in total. The van der Waals surface area contributed by atoms with Crippen molar-refractivity contribution in [2.24, 2.45) is 11.8 Å². The quantitative estimate of drug-likeness (QED) is 0.419. The van der Waals surface area contributed by atoms with Gasteiger partial charge in [0.05, 0.1) is 22.4 Å².